The second kappa shape index (κ2) is 7.02. The Bertz CT molecular complexity index is 584. The normalized spacial score (nSPS) is 19.3. The van der Waals surface area contributed by atoms with Gasteiger partial charge in [-0.2, -0.15) is 0 Å². The lowest BCUT2D eigenvalue weighted by Gasteiger charge is -2.23. The molecule has 1 aromatic heterocycles. The van der Waals surface area contributed by atoms with E-state index in [1.54, 1.807) is 25.4 Å². The zero-order valence-electron chi connectivity index (χ0n) is 12.6. The molecule has 2 heterocycles. The second-order valence-corrected chi connectivity index (χ2v) is 7.88. The zero-order valence-corrected chi connectivity index (χ0v) is 14.2. The van der Waals surface area contributed by atoms with Crippen LogP contribution in [0.4, 0.5) is 5.69 Å². The van der Waals surface area contributed by atoms with Gasteiger partial charge in [-0.05, 0) is 44.8 Å². The highest BCUT2D eigenvalue weighted by molar-refractivity contribution is 7.93. The van der Waals surface area contributed by atoms with E-state index in [0.717, 1.165) is 38.8 Å². The molecule has 22 heavy (non-hydrogen) atoms. The molecular formula is C14H22ClN3O3S. The zero-order chi connectivity index (χ0) is 14.9. The molecular weight excluding hydrogens is 326 g/mol. The van der Waals surface area contributed by atoms with Gasteiger partial charge in [-0.25, -0.2) is 13.4 Å². The van der Waals surface area contributed by atoms with Crippen molar-refractivity contribution in [1.29, 1.82) is 0 Å². The van der Waals surface area contributed by atoms with E-state index in [-0.39, 0.29) is 23.8 Å². The van der Waals surface area contributed by atoms with E-state index in [9.17, 15) is 8.42 Å². The average molecular weight is 348 g/mol. The number of sulfonamides is 1. The van der Waals surface area contributed by atoms with Crippen LogP contribution in [-0.2, 0) is 10.0 Å². The molecule has 2 aliphatic rings. The summed E-state index contributed by atoms with van der Waals surface area (Å²) >= 11 is 0. The van der Waals surface area contributed by atoms with E-state index in [1.165, 1.54) is 4.31 Å². The first-order chi connectivity index (χ1) is 10.1. The van der Waals surface area contributed by atoms with E-state index in [1.807, 2.05) is 0 Å². The van der Waals surface area contributed by atoms with Crippen molar-refractivity contribution >= 4 is 28.1 Å². The van der Waals surface area contributed by atoms with Crippen LogP contribution in [0.15, 0.2) is 18.3 Å². The first kappa shape index (κ1) is 17.3. The minimum atomic E-state index is -3.21. The van der Waals surface area contributed by atoms with Gasteiger partial charge in [-0.1, -0.05) is 0 Å². The van der Waals surface area contributed by atoms with E-state index >= 15 is 0 Å². The third-order valence-corrected chi connectivity index (χ3v) is 6.27. The number of rotatable bonds is 5. The van der Waals surface area contributed by atoms with E-state index in [4.69, 9.17) is 4.74 Å². The molecule has 1 aliphatic heterocycles. The number of hydrogen-bond donors (Lipinski definition) is 1. The minimum Gasteiger partial charge on any atom is -0.474 e. The third kappa shape index (κ3) is 3.83. The van der Waals surface area contributed by atoms with Crippen LogP contribution in [0.2, 0.25) is 0 Å². The van der Waals surface area contributed by atoms with E-state index < -0.39 is 10.0 Å². The first-order valence-corrected chi connectivity index (χ1v) is 8.89. The number of hydrogen-bond acceptors (Lipinski definition) is 5. The Morgan fingerprint density at radius 1 is 1.23 bits per heavy atom. The molecule has 124 valence electrons. The van der Waals surface area contributed by atoms with E-state index in [2.05, 4.69) is 10.3 Å². The number of nitrogens with zero attached hydrogens (tertiary/aromatic N) is 2. The highest BCUT2D eigenvalue weighted by Gasteiger charge is 2.38. The maximum Gasteiger partial charge on any atom is 0.237 e. The summed E-state index contributed by atoms with van der Waals surface area (Å²) in [5.74, 6) is 0.558. The highest BCUT2D eigenvalue weighted by atomic mass is 35.5. The summed E-state index contributed by atoms with van der Waals surface area (Å²) in [5.41, 5.74) is 0.583. The fraction of sp³-hybridized carbons (Fsp3) is 0.643. The van der Waals surface area contributed by atoms with Gasteiger partial charge < -0.3 is 10.1 Å². The number of pyridine rings is 1. The highest BCUT2D eigenvalue weighted by Crippen LogP contribution is 2.32. The molecule has 1 saturated heterocycles. The lowest BCUT2D eigenvalue weighted by Crippen LogP contribution is -2.34. The van der Waals surface area contributed by atoms with Gasteiger partial charge in [0.2, 0.25) is 15.9 Å². The topological polar surface area (TPSA) is 71.5 Å². The molecule has 1 aromatic rings. The predicted molar refractivity (Wildman–Crippen MR) is 88.3 cm³/mol. The van der Waals surface area contributed by atoms with Crippen molar-refractivity contribution in [3.63, 3.8) is 0 Å². The van der Waals surface area contributed by atoms with Gasteiger partial charge in [-0.15, -0.1) is 12.4 Å². The molecule has 2 fully saturated rings. The number of anilines is 1. The smallest absolute Gasteiger partial charge is 0.237 e. The van der Waals surface area contributed by atoms with Crippen molar-refractivity contribution in [3.05, 3.63) is 18.3 Å². The number of piperidine rings is 1. The van der Waals surface area contributed by atoms with Gasteiger partial charge in [-0.3, -0.25) is 4.31 Å². The molecule has 0 bridgehead atoms. The summed E-state index contributed by atoms with van der Waals surface area (Å²) in [4.78, 5) is 4.24. The Morgan fingerprint density at radius 2 is 1.91 bits per heavy atom. The number of halogens is 1. The van der Waals surface area contributed by atoms with Crippen LogP contribution in [-0.4, -0.2) is 44.9 Å². The van der Waals surface area contributed by atoms with Crippen LogP contribution in [0.5, 0.6) is 5.88 Å². The number of nitrogens with one attached hydrogen (secondary N) is 1. The van der Waals surface area contributed by atoms with Crippen molar-refractivity contribution in [3.8, 4) is 5.88 Å². The summed E-state index contributed by atoms with van der Waals surface area (Å²) in [7, 11) is -1.63. The Kier molecular flexibility index (Phi) is 5.52. The molecule has 1 N–H and O–H groups in total. The van der Waals surface area contributed by atoms with Gasteiger partial charge in [0.25, 0.3) is 0 Å². The summed E-state index contributed by atoms with van der Waals surface area (Å²) in [6, 6.07) is 3.50. The predicted octanol–water partition coefficient (Wildman–Crippen LogP) is 1.56. The Balaban J connectivity index is 0.00000176. The van der Waals surface area contributed by atoms with E-state index in [0.29, 0.717) is 11.6 Å². The Labute approximate surface area is 137 Å². The van der Waals surface area contributed by atoms with Gasteiger partial charge in [0.15, 0.2) is 0 Å². The van der Waals surface area contributed by atoms with Gasteiger partial charge >= 0.3 is 0 Å². The molecule has 6 nitrogen and oxygen atoms in total. The maximum absolute atomic E-state index is 12.2. The molecule has 1 aliphatic carbocycles. The van der Waals surface area contributed by atoms with Crippen LogP contribution in [0.3, 0.4) is 0 Å². The van der Waals surface area contributed by atoms with Crippen molar-refractivity contribution in [2.45, 2.75) is 37.0 Å². The summed E-state index contributed by atoms with van der Waals surface area (Å²) < 4.78 is 31.5. The van der Waals surface area contributed by atoms with Crippen LogP contribution < -0.4 is 14.4 Å². The van der Waals surface area contributed by atoms with Crippen LogP contribution in [0, 0.1) is 0 Å². The molecule has 0 atom stereocenters. The van der Waals surface area contributed by atoms with Crippen molar-refractivity contribution in [2.24, 2.45) is 0 Å². The molecule has 0 unspecified atom stereocenters. The largest absolute Gasteiger partial charge is 0.474 e. The molecule has 8 heteroatoms. The maximum atomic E-state index is 12.2. The second-order valence-electron chi connectivity index (χ2n) is 5.63. The SMILES string of the molecule is CN(c1ccc(OC2CCNCC2)nc1)S(=O)(=O)C1CC1.Cl. The standard InChI is InChI=1S/C14H21N3O3S.ClH/c1-17(21(18,19)13-3-4-13)11-2-5-14(16-10-11)20-12-6-8-15-9-7-12;/h2,5,10,12-13,15H,3-4,6-9H2,1H3;1H. The first-order valence-electron chi connectivity index (χ1n) is 7.38. The monoisotopic (exact) mass is 347 g/mol. The van der Waals surface area contributed by atoms with Crippen molar-refractivity contribution in [1.82, 2.24) is 10.3 Å². The number of aromatic nitrogens is 1. The lowest BCUT2D eigenvalue weighted by atomic mass is 10.1. The molecule has 0 aromatic carbocycles. The quantitative estimate of drug-likeness (QED) is 0.875. The summed E-state index contributed by atoms with van der Waals surface area (Å²) in [6.07, 6.45) is 5.22. The molecule has 3 rings (SSSR count). The lowest BCUT2D eigenvalue weighted by molar-refractivity contribution is 0.156. The van der Waals surface area contributed by atoms with Gasteiger partial charge in [0.05, 0.1) is 17.1 Å². The Morgan fingerprint density at radius 3 is 2.45 bits per heavy atom. The molecule has 0 amide bonds. The fourth-order valence-corrected chi connectivity index (χ4v) is 4.03. The van der Waals surface area contributed by atoms with Crippen molar-refractivity contribution in [2.75, 3.05) is 24.4 Å². The third-order valence-electron chi connectivity index (χ3n) is 3.99. The Hall–Kier alpha value is -1.05. The van der Waals surface area contributed by atoms with Crippen molar-refractivity contribution < 1.29 is 13.2 Å². The minimum absolute atomic E-state index is 0. The van der Waals surface area contributed by atoms with Gasteiger partial charge in [0.1, 0.15) is 6.10 Å². The molecule has 0 radical (unpaired) electrons. The number of ether oxygens (including phenoxy) is 1. The summed E-state index contributed by atoms with van der Waals surface area (Å²) in [6.45, 7) is 1.93. The molecule has 1 saturated carbocycles. The van der Waals surface area contributed by atoms with Crippen LogP contribution in [0.1, 0.15) is 25.7 Å². The van der Waals surface area contributed by atoms with Gasteiger partial charge in [0, 0.05) is 13.1 Å². The van der Waals surface area contributed by atoms with Crippen LogP contribution >= 0.6 is 12.4 Å². The van der Waals surface area contributed by atoms with Crippen LogP contribution in [0.25, 0.3) is 0 Å². The summed E-state index contributed by atoms with van der Waals surface area (Å²) in [5, 5.41) is 3.07. The average Bonchev–Trinajstić information content (AvgIpc) is 3.33. The molecule has 0 spiro atoms. The fourth-order valence-electron chi connectivity index (χ4n) is 2.45.